The average Bonchev–Trinajstić information content (AvgIpc) is 2.37. The van der Waals surface area contributed by atoms with Crippen molar-refractivity contribution >= 4 is 11.9 Å². The number of benzene rings is 1. The predicted octanol–water partition coefficient (Wildman–Crippen LogP) is 1.80. The molecule has 0 bridgehead atoms. The Bertz CT molecular complexity index is 403. The number of carbonyl (C=O) groups is 2. The molecule has 0 fully saturated rings. The predicted molar refractivity (Wildman–Crippen MR) is 69.2 cm³/mol. The molecule has 4 nitrogen and oxygen atoms in total. The lowest BCUT2D eigenvalue weighted by atomic mass is 10.1. The van der Waals surface area contributed by atoms with Gasteiger partial charge >= 0.3 is 5.97 Å². The van der Waals surface area contributed by atoms with Gasteiger partial charge in [0.1, 0.15) is 5.92 Å². The first-order chi connectivity index (χ1) is 8.56. The Morgan fingerprint density at radius 2 is 1.89 bits per heavy atom. The van der Waals surface area contributed by atoms with Crippen molar-refractivity contribution in [3.63, 3.8) is 0 Å². The highest BCUT2D eigenvalue weighted by Crippen LogP contribution is 2.08. The van der Waals surface area contributed by atoms with Gasteiger partial charge in [0.15, 0.2) is 0 Å². The second-order valence-corrected chi connectivity index (χ2v) is 4.29. The molecule has 0 heterocycles. The van der Waals surface area contributed by atoms with Crippen LogP contribution in [-0.2, 0) is 16.0 Å². The lowest BCUT2D eigenvalue weighted by Crippen LogP contribution is -2.37. The molecule has 0 aliphatic carbocycles. The van der Waals surface area contributed by atoms with E-state index in [1.807, 2.05) is 30.3 Å². The number of carboxylic acid groups (broad SMARTS) is 1. The number of amides is 1. The molecule has 0 saturated heterocycles. The molecule has 0 saturated carbocycles. The maximum atomic E-state index is 11.9. The van der Waals surface area contributed by atoms with Gasteiger partial charge in [0.2, 0.25) is 5.91 Å². The third kappa shape index (κ3) is 3.87. The first kappa shape index (κ1) is 14.2. The molecule has 1 amide bonds. The van der Waals surface area contributed by atoms with Gasteiger partial charge in [0, 0.05) is 13.6 Å². The summed E-state index contributed by atoms with van der Waals surface area (Å²) in [6, 6.07) is 9.82. The highest BCUT2D eigenvalue weighted by Gasteiger charge is 2.26. The standard InChI is InChI=1S/C14H19NO3/c1-3-12(14(17)18)13(16)15(2)10-9-11-7-5-4-6-8-11/h4-8,12H,3,9-10H2,1-2H3,(H,17,18). The molecule has 0 radical (unpaired) electrons. The van der Waals surface area contributed by atoms with E-state index in [4.69, 9.17) is 5.11 Å². The summed E-state index contributed by atoms with van der Waals surface area (Å²) in [4.78, 5) is 24.3. The summed E-state index contributed by atoms with van der Waals surface area (Å²) in [5, 5.41) is 8.93. The van der Waals surface area contributed by atoms with E-state index in [9.17, 15) is 9.59 Å². The summed E-state index contributed by atoms with van der Waals surface area (Å²) in [6.45, 7) is 2.24. The fourth-order valence-corrected chi connectivity index (χ4v) is 1.77. The van der Waals surface area contributed by atoms with Gasteiger partial charge in [-0.3, -0.25) is 9.59 Å². The van der Waals surface area contributed by atoms with Crippen molar-refractivity contribution in [1.82, 2.24) is 4.90 Å². The monoisotopic (exact) mass is 249 g/mol. The first-order valence-electron chi connectivity index (χ1n) is 6.08. The number of aliphatic carboxylic acids is 1. The number of nitrogens with zero attached hydrogens (tertiary/aromatic N) is 1. The van der Waals surface area contributed by atoms with Gasteiger partial charge in [0.05, 0.1) is 0 Å². The van der Waals surface area contributed by atoms with E-state index in [1.165, 1.54) is 4.90 Å². The zero-order chi connectivity index (χ0) is 13.5. The van der Waals surface area contributed by atoms with Crippen LogP contribution in [0.1, 0.15) is 18.9 Å². The third-order valence-corrected chi connectivity index (χ3v) is 2.96. The summed E-state index contributed by atoms with van der Waals surface area (Å²) >= 11 is 0. The molecule has 0 spiro atoms. The van der Waals surface area contributed by atoms with E-state index in [0.29, 0.717) is 13.0 Å². The molecule has 0 aliphatic rings. The molecular weight excluding hydrogens is 230 g/mol. The summed E-state index contributed by atoms with van der Waals surface area (Å²) in [5.41, 5.74) is 1.14. The van der Waals surface area contributed by atoms with Crippen molar-refractivity contribution in [3.8, 4) is 0 Å². The van der Waals surface area contributed by atoms with E-state index >= 15 is 0 Å². The van der Waals surface area contributed by atoms with Crippen LogP contribution in [0, 0.1) is 5.92 Å². The Labute approximate surface area is 107 Å². The lowest BCUT2D eigenvalue weighted by molar-refractivity contribution is -0.150. The zero-order valence-electron chi connectivity index (χ0n) is 10.8. The van der Waals surface area contributed by atoms with Crippen molar-refractivity contribution < 1.29 is 14.7 Å². The molecule has 0 aliphatic heterocycles. The van der Waals surface area contributed by atoms with Gasteiger partial charge < -0.3 is 10.0 Å². The van der Waals surface area contributed by atoms with Crippen molar-refractivity contribution in [2.45, 2.75) is 19.8 Å². The molecule has 1 aromatic rings. The maximum Gasteiger partial charge on any atom is 0.316 e. The number of hydrogen-bond acceptors (Lipinski definition) is 2. The Kier molecular flexibility index (Phi) is 5.36. The summed E-state index contributed by atoms with van der Waals surface area (Å²) < 4.78 is 0. The van der Waals surface area contributed by atoms with Crippen LogP contribution in [0.2, 0.25) is 0 Å². The van der Waals surface area contributed by atoms with Gasteiger partial charge in [-0.2, -0.15) is 0 Å². The van der Waals surface area contributed by atoms with Crippen LogP contribution >= 0.6 is 0 Å². The highest BCUT2D eigenvalue weighted by molar-refractivity contribution is 5.96. The van der Waals surface area contributed by atoms with Crippen LogP contribution < -0.4 is 0 Å². The normalized spacial score (nSPS) is 11.9. The maximum absolute atomic E-state index is 11.9. The Morgan fingerprint density at radius 1 is 1.28 bits per heavy atom. The van der Waals surface area contributed by atoms with E-state index < -0.39 is 11.9 Å². The van der Waals surface area contributed by atoms with Crippen molar-refractivity contribution in [2.24, 2.45) is 5.92 Å². The Hall–Kier alpha value is -1.84. The molecule has 1 N–H and O–H groups in total. The smallest absolute Gasteiger partial charge is 0.316 e. The van der Waals surface area contributed by atoms with E-state index in [-0.39, 0.29) is 5.91 Å². The van der Waals surface area contributed by atoms with Crippen LogP contribution in [0.5, 0.6) is 0 Å². The molecule has 1 atom stereocenters. The second-order valence-electron chi connectivity index (χ2n) is 4.29. The van der Waals surface area contributed by atoms with Crippen LogP contribution in [0.4, 0.5) is 0 Å². The summed E-state index contributed by atoms with van der Waals surface area (Å²) in [6.07, 6.45) is 1.06. The van der Waals surface area contributed by atoms with Crippen LogP contribution in [-0.4, -0.2) is 35.5 Å². The molecule has 98 valence electrons. The van der Waals surface area contributed by atoms with Gasteiger partial charge in [-0.05, 0) is 18.4 Å². The van der Waals surface area contributed by atoms with Crippen molar-refractivity contribution in [3.05, 3.63) is 35.9 Å². The Morgan fingerprint density at radius 3 is 2.39 bits per heavy atom. The highest BCUT2D eigenvalue weighted by atomic mass is 16.4. The fraction of sp³-hybridized carbons (Fsp3) is 0.429. The molecule has 18 heavy (non-hydrogen) atoms. The van der Waals surface area contributed by atoms with Crippen LogP contribution in [0.25, 0.3) is 0 Å². The molecule has 1 unspecified atom stereocenters. The van der Waals surface area contributed by atoms with Gasteiger partial charge in [-0.1, -0.05) is 37.3 Å². The number of rotatable bonds is 6. The Balaban J connectivity index is 2.52. The lowest BCUT2D eigenvalue weighted by Gasteiger charge is -2.20. The van der Waals surface area contributed by atoms with E-state index in [0.717, 1.165) is 12.0 Å². The quantitative estimate of drug-likeness (QED) is 0.782. The molecule has 1 aromatic carbocycles. The van der Waals surface area contributed by atoms with Crippen molar-refractivity contribution in [2.75, 3.05) is 13.6 Å². The molecule has 4 heteroatoms. The van der Waals surface area contributed by atoms with Gasteiger partial charge in [-0.25, -0.2) is 0 Å². The zero-order valence-corrected chi connectivity index (χ0v) is 10.8. The average molecular weight is 249 g/mol. The van der Waals surface area contributed by atoms with Crippen LogP contribution in [0.15, 0.2) is 30.3 Å². The third-order valence-electron chi connectivity index (χ3n) is 2.96. The summed E-state index contributed by atoms with van der Waals surface area (Å²) in [7, 11) is 1.65. The molecule has 1 rings (SSSR count). The molecule has 0 aromatic heterocycles. The number of carbonyl (C=O) groups excluding carboxylic acids is 1. The molecular formula is C14H19NO3. The fourth-order valence-electron chi connectivity index (χ4n) is 1.77. The SMILES string of the molecule is CCC(C(=O)O)C(=O)N(C)CCc1ccccc1. The largest absolute Gasteiger partial charge is 0.481 e. The number of carboxylic acids is 1. The number of likely N-dealkylation sites (N-methyl/N-ethyl adjacent to an activating group) is 1. The van der Waals surface area contributed by atoms with E-state index in [1.54, 1.807) is 14.0 Å². The van der Waals surface area contributed by atoms with Gasteiger partial charge in [0.25, 0.3) is 0 Å². The minimum Gasteiger partial charge on any atom is -0.481 e. The number of hydrogen-bond donors (Lipinski definition) is 1. The first-order valence-corrected chi connectivity index (χ1v) is 6.08. The van der Waals surface area contributed by atoms with E-state index in [2.05, 4.69) is 0 Å². The topological polar surface area (TPSA) is 57.6 Å². The minimum atomic E-state index is -1.05. The van der Waals surface area contributed by atoms with Crippen molar-refractivity contribution in [1.29, 1.82) is 0 Å². The van der Waals surface area contributed by atoms with Gasteiger partial charge in [-0.15, -0.1) is 0 Å². The second kappa shape index (κ2) is 6.79. The minimum absolute atomic E-state index is 0.319. The summed E-state index contributed by atoms with van der Waals surface area (Å²) in [5.74, 6) is -2.29. The van der Waals surface area contributed by atoms with Crippen LogP contribution in [0.3, 0.4) is 0 Å².